The van der Waals surface area contributed by atoms with Gasteiger partial charge in [-0.3, -0.25) is 9.69 Å². The normalized spacial score (nSPS) is 13.1. The average Bonchev–Trinajstić information content (AvgIpc) is 2.50. The maximum absolute atomic E-state index is 11.0. The molecule has 0 saturated carbocycles. The molecule has 3 rings (SSSR count). The van der Waals surface area contributed by atoms with Crippen molar-refractivity contribution in [1.82, 2.24) is 9.97 Å². The molecular weight excluding hydrogens is 286 g/mol. The van der Waals surface area contributed by atoms with Crippen LogP contribution in [0.5, 0.6) is 0 Å². The number of hydrogen-bond acceptors (Lipinski definition) is 6. The Morgan fingerprint density at radius 1 is 1.38 bits per heavy atom. The Bertz CT molecular complexity index is 731. The fourth-order valence-electron chi connectivity index (χ4n) is 2.09. The van der Waals surface area contributed by atoms with Crippen LogP contribution < -0.4 is 4.90 Å². The van der Waals surface area contributed by atoms with E-state index in [4.69, 9.17) is 0 Å². The molecule has 1 aromatic heterocycles. The van der Waals surface area contributed by atoms with Crippen molar-refractivity contribution in [2.45, 2.75) is 16.8 Å². The summed E-state index contributed by atoms with van der Waals surface area (Å²) in [6, 6.07) is 5.82. The van der Waals surface area contributed by atoms with E-state index in [9.17, 15) is 9.90 Å². The molecule has 0 saturated heterocycles. The maximum atomic E-state index is 11.0. The van der Waals surface area contributed by atoms with Gasteiger partial charge in [-0.2, -0.15) is 0 Å². The van der Waals surface area contributed by atoms with Crippen LogP contribution in [0.15, 0.2) is 46.6 Å². The second-order valence-electron chi connectivity index (χ2n) is 4.53. The molecule has 0 bridgehead atoms. The molecule has 106 valence electrons. The second kappa shape index (κ2) is 5.67. The molecule has 0 spiro atoms. The van der Waals surface area contributed by atoms with Crippen molar-refractivity contribution in [2.75, 3.05) is 11.6 Å². The van der Waals surface area contributed by atoms with E-state index in [1.165, 1.54) is 24.8 Å². The number of benzene rings is 1. The molecule has 6 heteroatoms. The molecule has 2 aromatic rings. The first-order chi connectivity index (χ1) is 10.2. The van der Waals surface area contributed by atoms with Gasteiger partial charge in [-0.25, -0.2) is 9.97 Å². The maximum Gasteiger partial charge on any atom is 0.168 e. The highest BCUT2D eigenvalue weighted by atomic mass is 32.2. The highest BCUT2D eigenvalue weighted by Crippen LogP contribution is 2.45. The Morgan fingerprint density at radius 2 is 2.19 bits per heavy atom. The largest absolute Gasteiger partial charge is 0.376 e. The van der Waals surface area contributed by atoms with Crippen LogP contribution in [0.3, 0.4) is 0 Å². The minimum Gasteiger partial charge on any atom is -0.376 e. The van der Waals surface area contributed by atoms with Crippen LogP contribution in [0.1, 0.15) is 12.5 Å². The highest BCUT2D eigenvalue weighted by Gasteiger charge is 2.24. The lowest BCUT2D eigenvalue weighted by molar-refractivity contribution is -0.112. The third kappa shape index (κ3) is 2.68. The van der Waals surface area contributed by atoms with Crippen LogP contribution in [0, 0.1) is 0 Å². The van der Waals surface area contributed by atoms with Crippen molar-refractivity contribution >= 4 is 35.1 Å². The van der Waals surface area contributed by atoms with Crippen molar-refractivity contribution < 1.29 is 9.90 Å². The summed E-state index contributed by atoms with van der Waals surface area (Å²) in [7, 11) is 0. The lowest BCUT2D eigenvalue weighted by Crippen LogP contribution is -2.23. The lowest BCUT2D eigenvalue weighted by Gasteiger charge is -2.29. The minimum absolute atomic E-state index is 0.00248. The summed E-state index contributed by atoms with van der Waals surface area (Å²) in [4.78, 5) is 22.3. The number of rotatable bonds is 3. The topological polar surface area (TPSA) is 66.3 Å². The first kappa shape index (κ1) is 13.8. The van der Waals surface area contributed by atoms with Gasteiger partial charge in [0.05, 0.1) is 5.69 Å². The zero-order valence-corrected chi connectivity index (χ0v) is 12.2. The smallest absolute Gasteiger partial charge is 0.168 e. The Hall–Kier alpha value is -2.18. The van der Waals surface area contributed by atoms with Gasteiger partial charge in [-0.1, -0.05) is 23.9 Å². The lowest BCUT2D eigenvalue weighted by atomic mass is 10.1. The first-order valence-corrected chi connectivity index (χ1v) is 7.20. The zero-order chi connectivity index (χ0) is 14.8. The molecule has 2 heterocycles. The first-order valence-electron chi connectivity index (χ1n) is 6.39. The summed E-state index contributed by atoms with van der Waals surface area (Å²) in [5.74, 6) is 0.641. The van der Waals surface area contributed by atoms with Gasteiger partial charge >= 0.3 is 0 Å². The summed E-state index contributed by atoms with van der Waals surface area (Å²) >= 11 is 1.52. The standard InChI is InChI=1S/C15H13N3O2S/c1-10(20)2-3-11-4-5-13-12(8-11)18(9-19)14-15(21-13)17-7-6-16-14/h2-8,19H,9H2,1H3/b3-2+. The van der Waals surface area contributed by atoms with E-state index in [-0.39, 0.29) is 12.5 Å². The van der Waals surface area contributed by atoms with E-state index in [1.54, 1.807) is 23.4 Å². The minimum atomic E-state index is -0.181. The van der Waals surface area contributed by atoms with Crippen LogP contribution in [-0.4, -0.2) is 27.6 Å². The van der Waals surface area contributed by atoms with Gasteiger partial charge in [0, 0.05) is 17.3 Å². The molecule has 0 amide bonds. The van der Waals surface area contributed by atoms with Crippen molar-refractivity contribution in [3.05, 3.63) is 42.2 Å². The number of aromatic nitrogens is 2. The van der Waals surface area contributed by atoms with E-state index < -0.39 is 0 Å². The third-order valence-electron chi connectivity index (χ3n) is 3.03. The molecule has 1 N–H and O–H groups in total. The van der Waals surface area contributed by atoms with E-state index >= 15 is 0 Å². The number of carbonyl (C=O) groups excluding carboxylic acids is 1. The van der Waals surface area contributed by atoms with Crippen LogP contribution in [-0.2, 0) is 4.79 Å². The van der Waals surface area contributed by atoms with Crippen molar-refractivity contribution in [2.24, 2.45) is 0 Å². The Labute approximate surface area is 126 Å². The van der Waals surface area contributed by atoms with Crippen LogP contribution >= 0.6 is 11.8 Å². The number of carbonyl (C=O) groups is 1. The van der Waals surface area contributed by atoms with Crippen molar-refractivity contribution in [1.29, 1.82) is 0 Å². The summed E-state index contributed by atoms with van der Waals surface area (Å²) in [5.41, 5.74) is 1.76. The van der Waals surface area contributed by atoms with Gasteiger partial charge in [-0.05, 0) is 30.7 Å². The Balaban J connectivity index is 2.05. The molecule has 0 atom stereocenters. The van der Waals surface area contributed by atoms with E-state index in [0.29, 0.717) is 5.82 Å². The highest BCUT2D eigenvalue weighted by molar-refractivity contribution is 7.99. The monoisotopic (exact) mass is 299 g/mol. The molecule has 5 nitrogen and oxygen atoms in total. The number of hydrogen-bond donors (Lipinski definition) is 1. The molecule has 1 aromatic carbocycles. The molecule has 0 aliphatic carbocycles. The van der Waals surface area contributed by atoms with Crippen LogP contribution in [0.4, 0.5) is 11.5 Å². The van der Waals surface area contributed by atoms with Crippen LogP contribution in [0.2, 0.25) is 0 Å². The average molecular weight is 299 g/mol. The predicted molar refractivity (Wildman–Crippen MR) is 81.5 cm³/mol. The molecule has 0 unspecified atom stereocenters. The molecular formula is C15H13N3O2S. The summed E-state index contributed by atoms with van der Waals surface area (Å²) in [5, 5.41) is 10.4. The number of fused-ring (bicyclic) bond motifs is 2. The molecule has 1 aliphatic heterocycles. The number of ketones is 1. The molecule has 0 fully saturated rings. The Kier molecular flexibility index (Phi) is 3.72. The van der Waals surface area contributed by atoms with Gasteiger partial charge in [0.25, 0.3) is 0 Å². The fourth-order valence-corrected chi connectivity index (χ4v) is 3.07. The number of nitrogens with zero attached hydrogens (tertiary/aromatic N) is 3. The van der Waals surface area contributed by atoms with Gasteiger partial charge in [0.1, 0.15) is 11.8 Å². The van der Waals surface area contributed by atoms with Gasteiger partial charge in [0.15, 0.2) is 11.6 Å². The third-order valence-corrected chi connectivity index (χ3v) is 4.08. The van der Waals surface area contributed by atoms with E-state index in [0.717, 1.165) is 21.2 Å². The summed E-state index contributed by atoms with van der Waals surface area (Å²) < 4.78 is 0. The number of allylic oxidation sites excluding steroid dienone is 1. The van der Waals surface area contributed by atoms with Gasteiger partial charge in [0.2, 0.25) is 0 Å². The number of aliphatic hydroxyl groups excluding tert-OH is 1. The second-order valence-corrected chi connectivity index (χ2v) is 5.56. The summed E-state index contributed by atoms with van der Waals surface area (Å²) in [6.07, 6.45) is 6.52. The van der Waals surface area contributed by atoms with Crippen molar-refractivity contribution in [3.63, 3.8) is 0 Å². The SMILES string of the molecule is CC(=O)/C=C/c1ccc2c(c1)N(CO)c1nccnc1S2. The predicted octanol–water partition coefficient (Wildman–Crippen LogP) is 2.63. The summed E-state index contributed by atoms with van der Waals surface area (Å²) in [6.45, 7) is 1.33. The number of anilines is 2. The zero-order valence-electron chi connectivity index (χ0n) is 11.4. The molecule has 0 radical (unpaired) electrons. The fraction of sp³-hybridized carbons (Fsp3) is 0.133. The molecule has 1 aliphatic rings. The quantitative estimate of drug-likeness (QED) is 0.879. The van der Waals surface area contributed by atoms with Crippen LogP contribution in [0.25, 0.3) is 6.08 Å². The molecule has 21 heavy (non-hydrogen) atoms. The Morgan fingerprint density at radius 3 is 2.95 bits per heavy atom. The van der Waals surface area contributed by atoms with Crippen molar-refractivity contribution in [3.8, 4) is 0 Å². The number of aliphatic hydroxyl groups is 1. The van der Waals surface area contributed by atoms with Gasteiger partial charge in [-0.15, -0.1) is 0 Å². The van der Waals surface area contributed by atoms with Gasteiger partial charge < -0.3 is 5.11 Å². The van der Waals surface area contributed by atoms with E-state index in [2.05, 4.69) is 9.97 Å². The van der Waals surface area contributed by atoms with E-state index in [1.807, 2.05) is 18.2 Å².